The van der Waals surface area contributed by atoms with E-state index in [0.717, 1.165) is 24.5 Å². The summed E-state index contributed by atoms with van der Waals surface area (Å²) in [6, 6.07) is 13.0. The molecule has 0 spiro atoms. The highest BCUT2D eigenvalue weighted by Crippen LogP contribution is 2.40. The van der Waals surface area contributed by atoms with E-state index in [1.807, 2.05) is 31.3 Å². The maximum atomic E-state index is 13.1. The van der Waals surface area contributed by atoms with Crippen molar-refractivity contribution >= 4 is 17.5 Å². The van der Waals surface area contributed by atoms with Gasteiger partial charge in [0.05, 0.1) is 5.56 Å². The molecule has 2 aromatic carbocycles. The Bertz CT molecular complexity index is 861. The molecule has 0 bridgehead atoms. The number of hydrogen-bond donors (Lipinski definition) is 2. The molecule has 2 aromatic rings. The van der Waals surface area contributed by atoms with Gasteiger partial charge in [-0.15, -0.1) is 0 Å². The second-order valence-electron chi connectivity index (χ2n) is 7.49. The Labute approximate surface area is 173 Å². The van der Waals surface area contributed by atoms with Crippen LogP contribution in [0.25, 0.3) is 0 Å². The van der Waals surface area contributed by atoms with E-state index in [1.54, 1.807) is 6.07 Å². The third kappa shape index (κ3) is 4.93. The number of alkyl halides is 3. The van der Waals surface area contributed by atoms with Crippen molar-refractivity contribution in [2.24, 2.45) is 5.92 Å². The van der Waals surface area contributed by atoms with Crippen molar-refractivity contribution in [3.05, 3.63) is 70.2 Å². The lowest BCUT2D eigenvalue weighted by Crippen LogP contribution is -2.45. The van der Waals surface area contributed by atoms with E-state index < -0.39 is 11.7 Å². The SMILES string of the molecule is CNC1(c2cccc(Cl)c2)CCC(C(=O)NCc2ccccc2C(F)(F)F)CC1. The number of amides is 1. The molecule has 0 saturated heterocycles. The molecule has 3 rings (SSSR count). The lowest BCUT2D eigenvalue weighted by molar-refractivity contribution is -0.138. The smallest absolute Gasteiger partial charge is 0.352 e. The third-order valence-electron chi connectivity index (χ3n) is 5.84. The van der Waals surface area contributed by atoms with Gasteiger partial charge in [-0.25, -0.2) is 0 Å². The molecule has 1 saturated carbocycles. The molecule has 1 amide bonds. The van der Waals surface area contributed by atoms with Crippen molar-refractivity contribution in [1.29, 1.82) is 0 Å². The van der Waals surface area contributed by atoms with E-state index in [2.05, 4.69) is 10.6 Å². The Kier molecular flexibility index (Phi) is 6.54. The Morgan fingerprint density at radius 1 is 1.14 bits per heavy atom. The Balaban J connectivity index is 1.62. The van der Waals surface area contributed by atoms with Gasteiger partial charge in [0.25, 0.3) is 0 Å². The van der Waals surface area contributed by atoms with Crippen LogP contribution in [-0.4, -0.2) is 13.0 Å². The van der Waals surface area contributed by atoms with Gasteiger partial charge in [0.2, 0.25) is 5.91 Å². The highest BCUT2D eigenvalue weighted by Gasteiger charge is 2.38. The van der Waals surface area contributed by atoms with Crippen LogP contribution in [0.5, 0.6) is 0 Å². The molecule has 0 aliphatic heterocycles. The fourth-order valence-electron chi connectivity index (χ4n) is 4.12. The molecule has 1 fully saturated rings. The summed E-state index contributed by atoms with van der Waals surface area (Å²) in [5.74, 6) is -0.411. The number of rotatable bonds is 5. The van der Waals surface area contributed by atoms with E-state index in [1.165, 1.54) is 12.1 Å². The van der Waals surface area contributed by atoms with E-state index >= 15 is 0 Å². The lowest BCUT2D eigenvalue weighted by atomic mass is 9.72. The second-order valence-corrected chi connectivity index (χ2v) is 7.93. The van der Waals surface area contributed by atoms with Gasteiger partial charge in [-0.05, 0) is 62.1 Å². The molecule has 0 atom stereocenters. The third-order valence-corrected chi connectivity index (χ3v) is 6.08. The molecule has 2 N–H and O–H groups in total. The van der Waals surface area contributed by atoms with Gasteiger partial charge in [0, 0.05) is 23.0 Å². The van der Waals surface area contributed by atoms with Crippen molar-refractivity contribution in [2.45, 2.75) is 43.9 Å². The van der Waals surface area contributed by atoms with E-state index in [0.29, 0.717) is 17.9 Å². The van der Waals surface area contributed by atoms with Crippen molar-refractivity contribution in [3.63, 3.8) is 0 Å². The maximum absolute atomic E-state index is 13.1. The first-order valence-electron chi connectivity index (χ1n) is 9.63. The first-order chi connectivity index (χ1) is 13.7. The summed E-state index contributed by atoms with van der Waals surface area (Å²) in [7, 11) is 1.90. The largest absolute Gasteiger partial charge is 0.416 e. The van der Waals surface area contributed by atoms with E-state index in [4.69, 9.17) is 11.6 Å². The minimum atomic E-state index is -4.44. The Morgan fingerprint density at radius 2 is 1.83 bits per heavy atom. The van der Waals surface area contributed by atoms with Crippen LogP contribution in [-0.2, 0) is 23.1 Å². The zero-order valence-electron chi connectivity index (χ0n) is 16.2. The number of carbonyl (C=O) groups is 1. The van der Waals surface area contributed by atoms with Crippen LogP contribution in [0.2, 0.25) is 5.02 Å². The summed E-state index contributed by atoms with van der Waals surface area (Å²) in [4.78, 5) is 12.6. The molecule has 0 radical (unpaired) electrons. The summed E-state index contributed by atoms with van der Waals surface area (Å²) in [6.45, 7) is -0.128. The molecule has 3 nitrogen and oxygen atoms in total. The molecule has 0 aromatic heterocycles. The Morgan fingerprint density at radius 3 is 2.45 bits per heavy atom. The van der Waals surface area contributed by atoms with Gasteiger partial charge < -0.3 is 10.6 Å². The van der Waals surface area contributed by atoms with Crippen LogP contribution in [0.1, 0.15) is 42.4 Å². The standard InChI is InChI=1S/C22H24ClF3N2O/c1-27-21(17-6-4-7-18(23)13-17)11-9-15(10-12-21)20(29)28-14-16-5-2-3-8-19(16)22(24,25)26/h2-8,13,15,27H,9-12,14H2,1H3,(H,28,29). The molecule has 1 aliphatic rings. The predicted octanol–water partition coefficient (Wildman–Crippen LogP) is 5.28. The molecular weight excluding hydrogens is 401 g/mol. The molecule has 7 heteroatoms. The van der Waals surface area contributed by atoms with E-state index in [-0.39, 0.29) is 29.5 Å². The number of halogens is 4. The fourth-order valence-corrected chi connectivity index (χ4v) is 4.31. The normalized spacial score (nSPS) is 22.3. The number of benzene rings is 2. The predicted molar refractivity (Wildman–Crippen MR) is 107 cm³/mol. The average Bonchev–Trinajstić information content (AvgIpc) is 2.71. The van der Waals surface area contributed by atoms with Gasteiger partial charge in [-0.2, -0.15) is 13.2 Å². The van der Waals surface area contributed by atoms with Crippen LogP contribution in [0.4, 0.5) is 13.2 Å². The molecule has 0 heterocycles. The first kappa shape index (κ1) is 21.7. The van der Waals surface area contributed by atoms with Crippen LogP contribution < -0.4 is 10.6 Å². The topological polar surface area (TPSA) is 41.1 Å². The quantitative estimate of drug-likeness (QED) is 0.685. The number of hydrogen-bond acceptors (Lipinski definition) is 2. The summed E-state index contributed by atoms with van der Waals surface area (Å²) in [6.07, 6.45) is -1.63. The van der Waals surface area contributed by atoms with Crippen LogP contribution in [0.15, 0.2) is 48.5 Å². The summed E-state index contributed by atoms with van der Waals surface area (Å²) in [5, 5.41) is 6.75. The van der Waals surface area contributed by atoms with Crippen molar-refractivity contribution in [1.82, 2.24) is 10.6 Å². The molecule has 1 aliphatic carbocycles. The monoisotopic (exact) mass is 424 g/mol. The van der Waals surface area contributed by atoms with Crippen molar-refractivity contribution in [3.8, 4) is 0 Å². The number of carbonyl (C=O) groups excluding carboxylic acids is 1. The molecule has 156 valence electrons. The van der Waals surface area contributed by atoms with Crippen LogP contribution in [0, 0.1) is 5.92 Å². The minimum absolute atomic E-state index is 0.0765. The second kappa shape index (κ2) is 8.76. The van der Waals surface area contributed by atoms with Crippen molar-refractivity contribution in [2.75, 3.05) is 7.05 Å². The first-order valence-corrected chi connectivity index (χ1v) is 10.0. The van der Waals surface area contributed by atoms with Crippen LogP contribution >= 0.6 is 11.6 Å². The summed E-state index contributed by atoms with van der Waals surface area (Å²) in [5.41, 5.74) is 0.210. The molecule has 29 heavy (non-hydrogen) atoms. The maximum Gasteiger partial charge on any atom is 0.416 e. The minimum Gasteiger partial charge on any atom is -0.352 e. The van der Waals surface area contributed by atoms with Gasteiger partial charge in [-0.1, -0.05) is 41.9 Å². The average molecular weight is 425 g/mol. The number of nitrogens with one attached hydrogen (secondary N) is 2. The van der Waals surface area contributed by atoms with Crippen LogP contribution in [0.3, 0.4) is 0 Å². The van der Waals surface area contributed by atoms with Crippen molar-refractivity contribution < 1.29 is 18.0 Å². The fraction of sp³-hybridized carbons (Fsp3) is 0.409. The van der Waals surface area contributed by atoms with Gasteiger partial charge in [-0.3, -0.25) is 4.79 Å². The van der Waals surface area contributed by atoms with Gasteiger partial charge in [0.15, 0.2) is 0 Å². The zero-order chi connectivity index (χ0) is 21.1. The highest BCUT2D eigenvalue weighted by atomic mass is 35.5. The zero-order valence-corrected chi connectivity index (χ0v) is 16.9. The molecule has 0 unspecified atom stereocenters. The lowest BCUT2D eigenvalue weighted by Gasteiger charge is -2.40. The summed E-state index contributed by atoms with van der Waals surface area (Å²) < 4.78 is 39.3. The van der Waals surface area contributed by atoms with Gasteiger partial charge in [0.1, 0.15) is 0 Å². The van der Waals surface area contributed by atoms with Gasteiger partial charge >= 0.3 is 6.18 Å². The molecular formula is C22H24ClF3N2O. The Hall–Kier alpha value is -2.05. The highest BCUT2D eigenvalue weighted by molar-refractivity contribution is 6.30. The van der Waals surface area contributed by atoms with E-state index in [9.17, 15) is 18.0 Å². The summed E-state index contributed by atoms with van der Waals surface area (Å²) >= 11 is 6.13.